The molecule has 1 aromatic carbocycles. The fraction of sp³-hybridized carbons (Fsp3) is 0.300. The third-order valence-corrected chi connectivity index (χ3v) is 5.24. The summed E-state index contributed by atoms with van der Waals surface area (Å²) in [5, 5.41) is 18.4. The van der Waals surface area contributed by atoms with E-state index < -0.39 is 6.23 Å². The Morgan fingerprint density at radius 1 is 1.00 bits per heavy atom. The number of rotatable bonds is 4. The van der Waals surface area contributed by atoms with Crippen LogP contribution in [0.25, 0.3) is 22.4 Å². The van der Waals surface area contributed by atoms with Crippen LogP contribution in [0.2, 0.25) is 5.02 Å². The molecule has 2 N–H and O–H groups in total. The van der Waals surface area contributed by atoms with Crippen molar-refractivity contribution in [2.45, 2.75) is 13.2 Å². The first-order chi connectivity index (χ1) is 13.1. The lowest BCUT2D eigenvalue weighted by atomic mass is 10.0. The van der Waals surface area contributed by atoms with Gasteiger partial charge in [0.2, 0.25) is 0 Å². The Labute approximate surface area is 163 Å². The van der Waals surface area contributed by atoms with Crippen molar-refractivity contribution in [1.82, 2.24) is 20.1 Å². The van der Waals surface area contributed by atoms with Crippen molar-refractivity contribution in [3.63, 3.8) is 0 Å². The Morgan fingerprint density at radius 3 is 2.30 bits per heavy atom. The predicted molar refractivity (Wildman–Crippen MR) is 108 cm³/mol. The van der Waals surface area contributed by atoms with E-state index in [9.17, 15) is 5.11 Å². The quantitative estimate of drug-likeness (QED) is 0.723. The molecule has 1 aliphatic rings. The number of piperazine rings is 1. The SMILES string of the molecule is CC(O)N1CCN(c2n[nH]c(-c3ccc(Cl)cc3)c2-c2ccncc2)CC1. The number of hydrogen-bond donors (Lipinski definition) is 2. The molecule has 6 nitrogen and oxygen atoms in total. The summed E-state index contributed by atoms with van der Waals surface area (Å²) >= 11 is 6.05. The predicted octanol–water partition coefficient (Wildman–Crippen LogP) is 3.25. The highest BCUT2D eigenvalue weighted by molar-refractivity contribution is 6.30. The lowest BCUT2D eigenvalue weighted by Crippen LogP contribution is -2.49. The van der Waals surface area contributed by atoms with Gasteiger partial charge < -0.3 is 10.0 Å². The molecule has 0 amide bonds. The zero-order valence-electron chi connectivity index (χ0n) is 15.1. The lowest BCUT2D eigenvalue weighted by molar-refractivity contribution is 0.0152. The number of pyridine rings is 1. The van der Waals surface area contributed by atoms with Crippen LogP contribution in [0.3, 0.4) is 0 Å². The Balaban J connectivity index is 1.73. The van der Waals surface area contributed by atoms with Gasteiger partial charge in [0.15, 0.2) is 5.82 Å². The average molecular weight is 384 g/mol. The van der Waals surface area contributed by atoms with Crippen LogP contribution >= 0.6 is 11.6 Å². The third kappa shape index (κ3) is 3.69. The molecule has 7 heteroatoms. The molecule has 1 aliphatic heterocycles. The maximum atomic E-state index is 9.81. The van der Waals surface area contributed by atoms with Gasteiger partial charge in [0.25, 0.3) is 0 Å². The van der Waals surface area contributed by atoms with E-state index in [0.29, 0.717) is 5.02 Å². The van der Waals surface area contributed by atoms with Gasteiger partial charge in [0.1, 0.15) is 6.23 Å². The number of aliphatic hydroxyl groups is 1. The Hall–Kier alpha value is -2.41. The zero-order chi connectivity index (χ0) is 18.8. The number of aromatic amines is 1. The molecule has 27 heavy (non-hydrogen) atoms. The molecule has 0 spiro atoms. The average Bonchev–Trinajstić information content (AvgIpc) is 3.14. The van der Waals surface area contributed by atoms with Gasteiger partial charge in [0, 0.05) is 49.2 Å². The summed E-state index contributed by atoms with van der Waals surface area (Å²) in [5.74, 6) is 0.927. The number of nitrogens with one attached hydrogen (secondary N) is 1. The molecular formula is C20H22ClN5O. The van der Waals surface area contributed by atoms with E-state index in [1.807, 2.05) is 43.3 Å². The zero-order valence-corrected chi connectivity index (χ0v) is 15.9. The summed E-state index contributed by atoms with van der Waals surface area (Å²) < 4.78 is 0. The fourth-order valence-corrected chi connectivity index (χ4v) is 3.61. The van der Waals surface area contributed by atoms with E-state index in [2.05, 4.69) is 25.0 Å². The van der Waals surface area contributed by atoms with Crippen molar-refractivity contribution in [2.24, 2.45) is 0 Å². The molecule has 0 aliphatic carbocycles. The molecule has 140 valence electrons. The van der Waals surface area contributed by atoms with Crippen LogP contribution in [-0.4, -0.2) is 57.6 Å². The third-order valence-electron chi connectivity index (χ3n) is 4.99. The van der Waals surface area contributed by atoms with Gasteiger partial charge in [-0.2, -0.15) is 5.10 Å². The number of hydrogen-bond acceptors (Lipinski definition) is 5. The van der Waals surface area contributed by atoms with Crippen molar-refractivity contribution >= 4 is 17.4 Å². The van der Waals surface area contributed by atoms with Crippen molar-refractivity contribution in [2.75, 3.05) is 31.1 Å². The van der Waals surface area contributed by atoms with Gasteiger partial charge in [-0.3, -0.25) is 15.0 Å². The summed E-state index contributed by atoms with van der Waals surface area (Å²) in [7, 11) is 0. The number of aliphatic hydroxyl groups excluding tert-OH is 1. The molecule has 1 atom stereocenters. The van der Waals surface area contributed by atoms with E-state index >= 15 is 0 Å². The summed E-state index contributed by atoms with van der Waals surface area (Å²) in [5.41, 5.74) is 4.13. The molecule has 0 saturated carbocycles. The Kier molecular flexibility index (Phi) is 5.11. The van der Waals surface area contributed by atoms with Gasteiger partial charge in [0.05, 0.1) is 11.3 Å². The van der Waals surface area contributed by atoms with Crippen LogP contribution in [0, 0.1) is 0 Å². The maximum Gasteiger partial charge on any atom is 0.159 e. The molecule has 4 rings (SSSR count). The second kappa shape index (κ2) is 7.68. The molecule has 3 aromatic rings. The van der Waals surface area contributed by atoms with Crippen LogP contribution in [-0.2, 0) is 0 Å². The van der Waals surface area contributed by atoms with Crippen LogP contribution in [0.15, 0.2) is 48.8 Å². The molecule has 0 bridgehead atoms. The molecule has 2 aromatic heterocycles. The topological polar surface area (TPSA) is 68.3 Å². The van der Waals surface area contributed by atoms with Gasteiger partial charge in [-0.05, 0) is 36.8 Å². The number of aromatic nitrogens is 3. The van der Waals surface area contributed by atoms with Crippen LogP contribution in [0.4, 0.5) is 5.82 Å². The number of halogens is 1. The highest BCUT2D eigenvalue weighted by atomic mass is 35.5. The number of anilines is 1. The standard InChI is InChI=1S/C20H22ClN5O/c1-14(27)25-10-12-26(13-11-25)20-18(15-6-8-22-9-7-15)19(23-24-20)16-2-4-17(21)5-3-16/h2-9,14,27H,10-13H2,1H3,(H,23,24). The Morgan fingerprint density at radius 2 is 1.67 bits per heavy atom. The van der Waals surface area contributed by atoms with Gasteiger partial charge in [-0.1, -0.05) is 23.7 Å². The molecule has 3 heterocycles. The van der Waals surface area contributed by atoms with E-state index in [1.165, 1.54) is 0 Å². The first-order valence-corrected chi connectivity index (χ1v) is 9.43. The van der Waals surface area contributed by atoms with Gasteiger partial charge >= 0.3 is 0 Å². The minimum Gasteiger partial charge on any atom is -0.379 e. The monoisotopic (exact) mass is 383 g/mol. The molecule has 1 fully saturated rings. The summed E-state index contributed by atoms with van der Waals surface area (Å²) in [6, 6.07) is 11.8. The highest BCUT2D eigenvalue weighted by Crippen LogP contribution is 2.38. The molecular weight excluding hydrogens is 362 g/mol. The first-order valence-electron chi connectivity index (χ1n) is 9.05. The Bertz CT molecular complexity index is 886. The summed E-state index contributed by atoms with van der Waals surface area (Å²) in [6.45, 7) is 5.04. The summed E-state index contributed by atoms with van der Waals surface area (Å²) in [6.07, 6.45) is 3.17. The molecule has 1 unspecified atom stereocenters. The van der Waals surface area contributed by atoms with Crippen molar-refractivity contribution in [3.8, 4) is 22.4 Å². The number of H-pyrrole nitrogens is 1. The van der Waals surface area contributed by atoms with Gasteiger partial charge in [-0.25, -0.2) is 0 Å². The maximum absolute atomic E-state index is 9.81. The van der Waals surface area contributed by atoms with Gasteiger partial charge in [-0.15, -0.1) is 0 Å². The van der Waals surface area contributed by atoms with E-state index in [4.69, 9.17) is 11.6 Å². The van der Waals surface area contributed by atoms with Crippen molar-refractivity contribution in [3.05, 3.63) is 53.8 Å². The van der Waals surface area contributed by atoms with Crippen LogP contribution in [0.1, 0.15) is 6.92 Å². The molecule has 0 radical (unpaired) electrons. The second-order valence-electron chi connectivity index (χ2n) is 6.69. The minimum absolute atomic E-state index is 0.421. The molecule has 1 saturated heterocycles. The lowest BCUT2D eigenvalue weighted by Gasteiger charge is -2.36. The highest BCUT2D eigenvalue weighted by Gasteiger charge is 2.26. The normalized spacial score (nSPS) is 16.5. The largest absolute Gasteiger partial charge is 0.379 e. The van der Waals surface area contributed by atoms with E-state index in [-0.39, 0.29) is 0 Å². The van der Waals surface area contributed by atoms with E-state index in [1.54, 1.807) is 12.4 Å². The van der Waals surface area contributed by atoms with Crippen LogP contribution < -0.4 is 4.90 Å². The number of nitrogens with zero attached hydrogens (tertiary/aromatic N) is 4. The minimum atomic E-state index is -0.421. The smallest absolute Gasteiger partial charge is 0.159 e. The number of benzene rings is 1. The second-order valence-corrected chi connectivity index (χ2v) is 7.13. The van der Waals surface area contributed by atoms with E-state index in [0.717, 1.165) is 54.4 Å². The van der Waals surface area contributed by atoms with Crippen LogP contribution in [0.5, 0.6) is 0 Å². The fourth-order valence-electron chi connectivity index (χ4n) is 3.49. The van der Waals surface area contributed by atoms with Crippen molar-refractivity contribution in [1.29, 1.82) is 0 Å². The summed E-state index contributed by atoms with van der Waals surface area (Å²) in [4.78, 5) is 8.48. The van der Waals surface area contributed by atoms with Crippen molar-refractivity contribution < 1.29 is 5.11 Å². The first kappa shape index (κ1) is 18.0.